The van der Waals surface area contributed by atoms with E-state index in [9.17, 15) is 5.11 Å². The van der Waals surface area contributed by atoms with Crippen LogP contribution in [0.1, 0.15) is 20.8 Å². The maximum atomic E-state index is 9.71. The predicted octanol–water partition coefficient (Wildman–Crippen LogP) is 1.13. The van der Waals surface area contributed by atoms with Crippen molar-refractivity contribution in [1.29, 1.82) is 0 Å². The van der Waals surface area contributed by atoms with Crippen LogP contribution in [0.2, 0.25) is 0 Å². The molecular formula is C12H27NO3S. The largest absolute Gasteiger partial charge is 0.389 e. The van der Waals surface area contributed by atoms with Gasteiger partial charge in [-0.2, -0.15) is 11.8 Å². The lowest BCUT2D eigenvalue weighted by atomic mass is 10.3. The third kappa shape index (κ3) is 11.0. The summed E-state index contributed by atoms with van der Waals surface area (Å²) in [6.07, 6.45) is -0.425. The average molecular weight is 265 g/mol. The Kier molecular flexibility index (Phi) is 11.4. The molecule has 0 fully saturated rings. The fourth-order valence-electron chi connectivity index (χ4n) is 1.31. The van der Waals surface area contributed by atoms with E-state index in [-0.39, 0.29) is 6.10 Å². The summed E-state index contributed by atoms with van der Waals surface area (Å²) in [6.45, 7) is 7.70. The Morgan fingerprint density at radius 1 is 1.29 bits per heavy atom. The molecule has 104 valence electrons. The number of hydrogen-bond acceptors (Lipinski definition) is 5. The SMILES string of the molecule is CCSCC(C)NCC(O)COC(C)COC. The van der Waals surface area contributed by atoms with E-state index in [0.717, 1.165) is 11.5 Å². The van der Waals surface area contributed by atoms with E-state index in [1.165, 1.54) is 0 Å². The number of rotatable bonds is 11. The maximum Gasteiger partial charge on any atom is 0.0897 e. The fraction of sp³-hybridized carbons (Fsp3) is 1.00. The van der Waals surface area contributed by atoms with Crippen LogP contribution < -0.4 is 5.32 Å². The molecule has 0 amide bonds. The molecular weight excluding hydrogens is 238 g/mol. The van der Waals surface area contributed by atoms with Gasteiger partial charge in [-0.3, -0.25) is 0 Å². The van der Waals surface area contributed by atoms with Gasteiger partial charge in [0.05, 0.1) is 25.4 Å². The van der Waals surface area contributed by atoms with Crippen LogP contribution in [0.3, 0.4) is 0 Å². The van der Waals surface area contributed by atoms with Gasteiger partial charge < -0.3 is 19.9 Å². The molecule has 0 bridgehead atoms. The van der Waals surface area contributed by atoms with Crippen LogP contribution in [-0.2, 0) is 9.47 Å². The Morgan fingerprint density at radius 2 is 2.00 bits per heavy atom. The lowest BCUT2D eigenvalue weighted by Crippen LogP contribution is -2.38. The molecule has 3 unspecified atom stereocenters. The van der Waals surface area contributed by atoms with Crippen LogP contribution in [0.5, 0.6) is 0 Å². The van der Waals surface area contributed by atoms with Crippen LogP contribution in [0.4, 0.5) is 0 Å². The van der Waals surface area contributed by atoms with Crippen molar-refractivity contribution >= 4 is 11.8 Å². The van der Waals surface area contributed by atoms with Crippen LogP contribution in [0, 0.1) is 0 Å². The second-order valence-corrected chi connectivity index (χ2v) is 5.54. The number of thioether (sulfide) groups is 1. The number of aliphatic hydroxyl groups excluding tert-OH is 1. The Bertz CT molecular complexity index is 172. The number of nitrogens with one attached hydrogen (secondary N) is 1. The lowest BCUT2D eigenvalue weighted by molar-refractivity contribution is -0.0313. The minimum Gasteiger partial charge on any atom is -0.389 e. The quantitative estimate of drug-likeness (QED) is 0.586. The minimum atomic E-state index is -0.455. The molecule has 17 heavy (non-hydrogen) atoms. The van der Waals surface area contributed by atoms with Crippen molar-refractivity contribution in [2.45, 2.75) is 39.0 Å². The molecule has 0 heterocycles. The van der Waals surface area contributed by atoms with Crippen molar-refractivity contribution in [2.24, 2.45) is 0 Å². The summed E-state index contributed by atoms with van der Waals surface area (Å²) in [5.41, 5.74) is 0. The van der Waals surface area contributed by atoms with Crippen molar-refractivity contribution in [1.82, 2.24) is 5.32 Å². The van der Waals surface area contributed by atoms with E-state index in [1.54, 1.807) is 7.11 Å². The highest BCUT2D eigenvalue weighted by Crippen LogP contribution is 2.01. The molecule has 0 aromatic rings. The molecule has 0 rings (SSSR count). The highest BCUT2D eigenvalue weighted by Gasteiger charge is 2.09. The molecule has 4 nitrogen and oxygen atoms in total. The van der Waals surface area contributed by atoms with Crippen molar-refractivity contribution in [3.8, 4) is 0 Å². The zero-order valence-electron chi connectivity index (χ0n) is 11.4. The van der Waals surface area contributed by atoms with Gasteiger partial charge in [-0.15, -0.1) is 0 Å². The molecule has 0 aromatic heterocycles. The van der Waals surface area contributed by atoms with Gasteiger partial charge in [0.15, 0.2) is 0 Å². The average Bonchev–Trinajstić information content (AvgIpc) is 2.31. The molecule has 0 saturated heterocycles. The molecule has 3 atom stereocenters. The van der Waals surface area contributed by atoms with E-state index in [0.29, 0.717) is 25.8 Å². The van der Waals surface area contributed by atoms with Gasteiger partial charge in [0.25, 0.3) is 0 Å². The minimum absolute atomic E-state index is 0.0303. The molecule has 5 heteroatoms. The van der Waals surface area contributed by atoms with Gasteiger partial charge in [-0.05, 0) is 19.6 Å². The molecule has 0 saturated carbocycles. The van der Waals surface area contributed by atoms with Crippen LogP contribution in [-0.4, -0.2) is 61.7 Å². The first-order chi connectivity index (χ1) is 8.10. The molecule has 0 radical (unpaired) electrons. The highest BCUT2D eigenvalue weighted by molar-refractivity contribution is 7.99. The Labute approximate surface area is 109 Å². The van der Waals surface area contributed by atoms with Crippen LogP contribution >= 0.6 is 11.8 Å². The smallest absolute Gasteiger partial charge is 0.0897 e. The van der Waals surface area contributed by atoms with E-state index in [1.807, 2.05) is 18.7 Å². The van der Waals surface area contributed by atoms with Gasteiger partial charge >= 0.3 is 0 Å². The summed E-state index contributed by atoms with van der Waals surface area (Å²) in [6, 6.07) is 0.422. The molecule has 0 spiro atoms. The summed E-state index contributed by atoms with van der Waals surface area (Å²) >= 11 is 1.90. The van der Waals surface area contributed by atoms with Crippen LogP contribution in [0.15, 0.2) is 0 Å². The maximum absolute atomic E-state index is 9.71. The molecule has 0 aliphatic rings. The molecule has 0 aromatic carbocycles. The second kappa shape index (κ2) is 11.3. The monoisotopic (exact) mass is 265 g/mol. The normalized spacial score (nSPS) is 16.8. The Balaban J connectivity index is 3.48. The first-order valence-electron chi connectivity index (χ1n) is 6.19. The van der Waals surface area contributed by atoms with E-state index in [4.69, 9.17) is 9.47 Å². The van der Waals surface area contributed by atoms with Crippen molar-refractivity contribution in [2.75, 3.05) is 38.4 Å². The van der Waals surface area contributed by atoms with Gasteiger partial charge in [-0.1, -0.05) is 6.92 Å². The molecule has 0 aliphatic carbocycles. The van der Waals surface area contributed by atoms with Gasteiger partial charge in [0.2, 0.25) is 0 Å². The number of methoxy groups -OCH3 is 1. The first kappa shape index (κ1) is 17.2. The third-order valence-electron chi connectivity index (χ3n) is 2.25. The van der Waals surface area contributed by atoms with Crippen LogP contribution in [0.25, 0.3) is 0 Å². The van der Waals surface area contributed by atoms with Crippen molar-refractivity contribution < 1.29 is 14.6 Å². The topological polar surface area (TPSA) is 50.7 Å². The fourth-order valence-corrected chi connectivity index (χ4v) is 2.01. The van der Waals surface area contributed by atoms with E-state index < -0.39 is 6.10 Å². The summed E-state index contributed by atoms with van der Waals surface area (Å²) in [5, 5.41) is 13.0. The lowest BCUT2D eigenvalue weighted by Gasteiger charge is -2.18. The number of hydrogen-bond donors (Lipinski definition) is 2. The van der Waals surface area contributed by atoms with Gasteiger partial charge in [0, 0.05) is 25.4 Å². The third-order valence-corrected chi connectivity index (χ3v) is 3.39. The first-order valence-corrected chi connectivity index (χ1v) is 7.35. The van der Waals surface area contributed by atoms with Gasteiger partial charge in [-0.25, -0.2) is 0 Å². The summed E-state index contributed by atoms with van der Waals surface area (Å²) < 4.78 is 10.4. The standard InChI is InChI=1S/C12H27NO3S/c1-5-17-9-10(2)13-6-12(14)8-16-11(3)7-15-4/h10-14H,5-9H2,1-4H3. The predicted molar refractivity (Wildman–Crippen MR) is 73.8 cm³/mol. The zero-order chi connectivity index (χ0) is 13.1. The van der Waals surface area contributed by atoms with E-state index >= 15 is 0 Å². The van der Waals surface area contributed by atoms with E-state index in [2.05, 4.69) is 19.2 Å². The number of ether oxygens (including phenoxy) is 2. The molecule has 2 N–H and O–H groups in total. The summed E-state index contributed by atoms with van der Waals surface area (Å²) in [4.78, 5) is 0. The van der Waals surface area contributed by atoms with Gasteiger partial charge in [0.1, 0.15) is 0 Å². The second-order valence-electron chi connectivity index (χ2n) is 4.22. The van der Waals surface area contributed by atoms with Crippen molar-refractivity contribution in [3.63, 3.8) is 0 Å². The number of aliphatic hydroxyl groups is 1. The van der Waals surface area contributed by atoms with Crippen molar-refractivity contribution in [3.05, 3.63) is 0 Å². The molecule has 0 aliphatic heterocycles. The Morgan fingerprint density at radius 3 is 2.59 bits per heavy atom. The summed E-state index contributed by atoms with van der Waals surface area (Å²) in [5.74, 6) is 2.20. The zero-order valence-corrected chi connectivity index (χ0v) is 12.3. The highest BCUT2D eigenvalue weighted by atomic mass is 32.2. The Hall–Kier alpha value is 0.190. The summed E-state index contributed by atoms with van der Waals surface area (Å²) in [7, 11) is 1.64.